The van der Waals surface area contributed by atoms with Gasteiger partial charge in [-0.1, -0.05) is 24.1 Å². The summed E-state index contributed by atoms with van der Waals surface area (Å²) < 4.78 is 17.5. The average Bonchev–Trinajstić information content (AvgIpc) is 3.08. The quantitative estimate of drug-likeness (QED) is 0.786. The summed E-state index contributed by atoms with van der Waals surface area (Å²) in [6.07, 6.45) is 2.43. The standard InChI is InChI=1S/C15H22FNS/c1-10(17-18-15(2,3)4)13-8-7-12(9-14(13)16)11-5-6-11/h7-11,17H,5-6H2,1-4H3. The molecule has 3 heteroatoms. The van der Waals surface area contributed by atoms with E-state index >= 15 is 0 Å². The second-order valence-electron chi connectivity index (χ2n) is 6.11. The highest BCUT2D eigenvalue weighted by atomic mass is 32.2. The zero-order valence-electron chi connectivity index (χ0n) is 11.6. The maximum Gasteiger partial charge on any atom is 0.128 e. The van der Waals surface area contributed by atoms with E-state index in [4.69, 9.17) is 0 Å². The molecular weight excluding hydrogens is 245 g/mol. The Kier molecular flexibility index (Phi) is 4.02. The molecule has 1 aromatic carbocycles. The predicted molar refractivity (Wildman–Crippen MR) is 77.3 cm³/mol. The van der Waals surface area contributed by atoms with Crippen molar-refractivity contribution in [1.82, 2.24) is 4.72 Å². The minimum atomic E-state index is -0.0751. The maximum atomic E-state index is 14.1. The lowest BCUT2D eigenvalue weighted by atomic mass is 10.0. The average molecular weight is 267 g/mol. The Balaban J connectivity index is 2.03. The number of halogens is 1. The first-order valence-electron chi connectivity index (χ1n) is 6.60. The first-order chi connectivity index (χ1) is 8.37. The van der Waals surface area contributed by atoms with Crippen LogP contribution >= 0.6 is 11.9 Å². The van der Waals surface area contributed by atoms with Crippen molar-refractivity contribution in [3.8, 4) is 0 Å². The molecule has 18 heavy (non-hydrogen) atoms. The molecule has 1 saturated carbocycles. The van der Waals surface area contributed by atoms with Crippen molar-refractivity contribution in [2.45, 2.75) is 57.2 Å². The van der Waals surface area contributed by atoms with Crippen LogP contribution in [0.4, 0.5) is 4.39 Å². The van der Waals surface area contributed by atoms with E-state index in [1.165, 1.54) is 12.8 Å². The van der Waals surface area contributed by atoms with Crippen LogP contribution in [0.5, 0.6) is 0 Å². The lowest BCUT2D eigenvalue weighted by molar-refractivity contribution is 0.582. The lowest BCUT2D eigenvalue weighted by Crippen LogP contribution is -2.20. The minimum Gasteiger partial charge on any atom is -0.256 e. The highest BCUT2D eigenvalue weighted by molar-refractivity contribution is 7.98. The topological polar surface area (TPSA) is 12.0 Å². The molecule has 1 aromatic rings. The Bertz CT molecular complexity index is 421. The van der Waals surface area contributed by atoms with E-state index in [9.17, 15) is 4.39 Å². The van der Waals surface area contributed by atoms with Crippen molar-refractivity contribution >= 4 is 11.9 Å². The molecule has 0 amide bonds. The Hall–Kier alpha value is -0.540. The fourth-order valence-corrected chi connectivity index (χ4v) is 2.55. The van der Waals surface area contributed by atoms with Gasteiger partial charge in [0.1, 0.15) is 5.82 Å². The molecule has 1 atom stereocenters. The summed E-state index contributed by atoms with van der Waals surface area (Å²) in [6, 6.07) is 5.76. The summed E-state index contributed by atoms with van der Waals surface area (Å²) in [6.45, 7) is 8.44. The summed E-state index contributed by atoms with van der Waals surface area (Å²) in [5.41, 5.74) is 1.92. The van der Waals surface area contributed by atoms with Crippen LogP contribution in [0.25, 0.3) is 0 Å². The second-order valence-corrected chi connectivity index (χ2v) is 7.77. The van der Waals surface area contributed by atoms with Crippen molar-refractivity contribution in [2.75, 3.05) is 0 Å². The van der Waals surface area contributed by atoms with Crippen LogP contribution < -0.4 is 4.72 Å². The van der Waals surface area contributed by atoms with E-state index in [1.54, 1.807) is 18.0 Å². The third-order valence-electron chi connectivity index (χ3n) is 3.08. The zero-order valence-corrected chi connectivity index (χ0v) is 12.4. The van der Waals surface area contributed by atoms with E-state index in [2.05, 4.69) is 31.6 Å². The molecular formula is C15H22FNS. The van der Waals surface area contributed by atoms with Crippen LogP contribution in [0, 0.1) is 5.82 Å². The fraction of sp³-hybridized carbons (Fsp3) is 0.600. The van der Waals surface area contributed by atoms with E-state index in [-0.39, 0.29) is 16.6 Å². The van der Waals surface area contributed by atoms with Crippen molar-refractivity contribution in [1.29, 1.82) is 0 Å². The first-order valence-corrected chi connectivity index (χ1v) is 7.41. The molecule has 1 aliphatic rings. The number of hydrogen-bond donors (Lipinski definition) is 1. The van der Waals surface area contributed by atoms with Gasteiger partial charge in [-0.05, 0) is 58.1 Å². The second kappa shape index (κ2) is 5.22. The highest BCUT2D eigenvalue weighted by Crippen LogP contribution is 2.40. The molecule has 1 N–H and O–H groups in total. The maximum absolute atomic E-state index is 14.1. The minimum absolute atomic E-state index is 0.0301. The molecule has 0 aromatic heterocycles. The summed E-state index contributed by atoms with van der Waals surface area (Å²) in [5.74, 6) is 0.537. The molecule has 0 radical (unpaired) electrons. The molecule has 1 aliphatic carbocycles. The molecule has 2 rings (SSSR count). The highest BCUT2D eigenvalue weighted by Gasteiger charge is 2.25. The van der Waals surface area contributed by atoms with E-state index in [0.29, 0.717) is 5.92 Å². The van der Waals surface area contributed by atoms with Gasteiger partial charge in [0.2, 0.25) is 0 Å². The predicted octanol–water partition coefficient (Wildman–Crippen LogP) is 4.80. The van der Waals surface area contributed by atoms with Gasteiger partial charge in [0, 0.05) is 16.4 Å². The van der Waals surface area contributed by atoms with Gasteiger partial charge in [-0.25, -0.2) is 4.39 Å². The molecule has 0 aliphatic heterocycles. The van der Waals surface area contributed by atoms with Crippen LogP contribution in [0.3, 0.4) is 0 Å². The first kappa shape index (κ1) is 13.9. The SMILES string of the molecule is CC(NSC(C)(C)C)c1ccc(C2CC2)cc1F. The number of rotatable bonds is 4. The lowest BCUT2D eigenvalue weighted by Gasteiger charge is -2.22. The van der Waals surface area contributed by atoms with Crippen LogP contribution in [0.2, 0.25) is 0 Å². The van der Waals surface area contributed by atoms with Crippen LogP contribution in [0.1, 0.15) is 63.6 Å². The van der Waals surface area contributed by atoms with Crippen LogP contribution in [0.15, 0.2) is 18.2 Å². The fourth-order valence-electron chi connectivity index (χ4n) is 1.89. The van der Waals surface area contributed by atoms with Gasteiger partial charge in [0.15, 0.2) is 0 Å². The third kappa shape index (κ3) is 3.72. The van der Waals surface area contributed by atoms with Crippen LogP contribution in [-0.2, 0) is 0 Å². The van der Waals surface area contributed by atoms with Gasteiger partial charge in [0.05, 0.1) is 0 Å². The molecule has 0 bridgehead atoms. The monoisotopic (exact) mass is 267 g/mol. The normalized spacial score (nSPS) is 17.8. The van der Waals surface area contributed by atoms with Gasteiger partial charge in [0.25, 0.3) is 0 Å². The molecule has 1 fully saturated rings. The molecule has 0 saturated heterocycles. The van der Waals surface area contributed by atoms with Gasteiger partial charge in [-0.3, -0.25) is 4.72 Å². The Morgan fingerprint density at radius 3 is 2.50 bits per heavy atom. The Morgan fingerprint density at radius 2 is 2.00 bits per heavy atom. The van der Waals surface area contributed by atoms with E-state index < -0.39 is 0 Å². The zero-order chi connectivity index (χ0) is 13.3. The van der Waals surface area contributed by atoms with Crippen molar-refractivity contribution in [2.24, 2.45) is 0 Å². The number of hydrogen-bond acceptors (Lipinski definition) is 2. The Morgan fingerprint density at radius 1 is 1.33 bits per heavy atom. The summed E-state index contributed by atoms with van der Waals surface area (Å²) >= 11 is 1.65. The number of nitrogens with one attached hydrogen (secondary N) is 1. The van der Waals surface area contributed by atoms with Crippen LogP contribution in [-0.4, -0.2) is 4.75 Å². The summed E-state index contributed by atoms with van der Waals surface area (Å²) in [5, 5.41) is 0. The summed E-state index contributed by atoms with van der Waals surface area (Å²) in [7, 11) is 0. The largest absolute Gasteiger partial charge is 0.256 e. The van der Waals surface area contributed by atoms with Gasteiger partial charge < -0.3 is 0 Å². The van der Waals surface area contributed by atoms with E-state index in [1.807, 2.05) is 13.0 Å². The number of benzene rings is 1. The molecule has 100 valence electrons. The van der Waals surface area contributed by atoms with E-state index in [0.717, 1.165) is 11.1 Å². The van der Waals surface area contributed by atoms with Gasteiger partial charge in [-0.15, -0.1) is 0 Å². The third-order valence-corrected chi connectivity index (χ3v) is 4.17. The summed E-state index contributed by atoms with van der Waals surface area (Å²) in [4.78, 5) is 0. The van der Waals surface area contributed by atoms with Gasteiger partial charge >= 0.3 is 0 Å². The molecule has 1 unspecified atom stereocenters. The van der Waals surface area contributed by atoms with Crippen molar-refractivity contribution in [3.63, 3.8) is 0 Å². The molecule has 1 nitrogen and oxygen atoms in total. The van der Waals surface area contributed by atoms with Gasteiger partial charge in [-0.2, -0.15) is 0 Å². The van der Waals surface area contributed by atoms with Crippen molar-refractivity contribution in [3.05, 3.63) is 35.1 Å². The molecule has 0 heterocycles. The molecule has 0 spiro atoms. The Labute approximate surface area is 114 Å². The smallest absolute Gasteiger partial charge is 0.128 e. The van der Waals surface area contributed by atoms with Crippen molar-refractivity contribution < 1.29 is 4.39 Å².